The number of hydrogen-bond acceptors (Lipinski definition) is 4. The van der Waals surface area contributed by atoms with Gasteiger partial charge in [-0.1, -0.05) is 6.92 Å². The predicted octanol–water partition coefficient (Wildman–Crippen LogP) is 2.61. The van der Waals surface area contributed by atoms with E-state index in [4.69, 9.17) is 0 Å². The molecular formula is C20H24FN3O3. The zero-order valence-electron chi connectivity index (χ0n) is 15.5. The first-order chi connectivity index (χ1) is 12.9. The Morgan fingerprint density at radius 2 is 2.11 bits per heavy atom. The first kappa shape index (κ1) is 18.0. The van der Waals surface area contributed by atoms with Crippen LogP contribution in [-0.2, 0) is 0 Å². The van der Waals surface area contributed by atoms with Crippen LogP contribution in [0.3, 0.4) is 0 Å². The van der Waals surface area contributed by atoms with E-state index in [2.05, 4.69) is 19.2 Å². The number of hydrogen-bond donors (Lipinski definition) is 2. The Hall–Kier alpha value is -2.41. The SMILES string of the molecule is CCNC[C@@H]1CN(c2cc3c(cc2F)c(=O)c(C(=O)O)cn3C2CC2)[C@H]1C. The number of nitrogens with one attached hydrogen (secondary N) is 1. The van der Waals surface area contributed by atoms with Crippen molar-refractivity contribution in [2.75, 3.05) is 24.5 Å². The lowest BCUT2D eigenvalue weighted by molar-refractivity contribution is 0.0695. The Balaban J connectivity index is 1.78. The molecule has 2 aromatic rings. The number of rotatable bonds is 6. The van der Waals surface area contributed by atoms with E-state index in [0.717, 1.165) is 32.5 Å². The second kappa shape index (κ2) is 6.64. The van der Waals surface area contributed by atoms with Gasteiger partial charge in [-0.05, 0) is 38.4 Å². The van der Waals surface area contributed by atoms with Gasteiger partial charge >= 0.3 is 5.97 Å². The van der Waals surface area contributed by atoms with Gasteiger partial charge in [0.2, 0.25) is 5.43 Å². The van der Waals surface area contributed by atoms with E-state index in [1.54, 1.807) is 6.07 Å². The number of carbonyl (C=O) groups is 1. The molecule has 0 unspecified atom stereocenters. The third-order valence-electron chi connectivity index (χ3n) is 5.84. The largest absolute Gasteiger partial charge is 0.477 e. The highest BCUT2D eigenvalue weighted by molar-refractivity contribution is 5.93. The topological polar surface area (TPSA) is 74.6 Å². The lowest BCUT2D eigenvalue weighted by atomic mass is 9.88. The van der Waals surface area contributed by atoms with E-state index in [9.17, 15) is 19.1 Å². The molecule has 1 aromatic carbocycles. The van der Waals surface area contributed by atoms with Crippen LogP contribution in [0.15, 0.2) is 23.1 Å². The minimum atomic E-state index is -1.27. The minimum Gasteiger partial charge on any atom is -0.477 e. The van der Waals surface area contributed by atoms with Crippen molar-refractivity contribution in [3.63, 3.8) is 0 Å². The Morgan fingerprint density at radius 1 is 1.37 bits per heavy atom. The monoisotopic (exact) mass is 373 g/mol. The molecule has 1 saturated heterocycles. The first-order valence-electron chi connectivity index (χ1n) is 9.51. The highest BCUT2D eigenvalue weighted by Crippen LogP contribution is 2.39. The summed E-state index contributed by atoms with van der Waals surface area (Å²) < 4.78 is 16.7. The molecule has 27 heavy (non-hydrogen) atoms. The summed E-state index contributed by atoms with van der Waals surface area (Å²) in [6.07, 6.45) is 3.29. The molecule has 1 saturated carbocycles. The second-order valence-electron chi connectivity index (χ2n) is 7.60. The van der Waals surface area contributed by atoms with Crippen LogP contribution in [0.2, 0.25) is 0 Å². The van der Waals surface area contributed by atoms with E-state index in [0.29, 0.717) is 17.1 Å². The number of benzene rings is 1. The predicted molar refractivity (Wildman–Crippen MR) is 102 cm³/mol. The fourth-order valence-electron chi connectivity index (χ4n) is 3.96. The van der Waals surface area contributed by atoms with Gasteiger partial charge in [-0.2, -0.15) is 0 Å². The zero-order valence-corrected chi connectivity index (χ0v) is 15.5. The molecular weight excluding hydrogens is 349 g/mol. The fraction of sp³-hybridized carbons (Fsp3) is 0.500. The molecule has 0 spiro atoms. The Kier molecular flexibility index (Phi) is 4.42. The molecule has 2 N–H and O–H groups in total. The lowest BCUT2D eigenvalue weighted by Crippen LogP contribution is -2.58. The van der Waals surface area contributed by atoms with Gasteiger partial charge in [0.1, 0.15) is 11.4 Å². The maximum atomic E-state index is 14.9. The van der Waals surface area contributed by atoms with Crippen molar-refractivity contribution in [2.45, 2.75) is 38.8 Å². The molecule has 2 fully saturated rings. The molecule has 1 aliphatic carbocycles. The van der Waals surface area contributed by atoms with E-state index < -0.39 is 17.2 Å². The molecule has 1 aromatic heterocycles. The van der Waals surface area contributed by atoms with E-state index in [1.165, 1.54) is 12.3 Å². The number of fused-ring (bicyclic) bond motifs is 1. The summed E-state index contributed by atoms with van der Waals surface area (Å²) in [6, 6.07) is 3.31. The second-order valence-corrected chi connectivity index (χ2v) is 7.60. The first-order valence-corrected chi connectivity index (χ1v) is 9.51. The van der Waals surface area contributed by atoms with Gasteiger partial charge in [-0.15, -0.1) is 0 Å². The van der Waals surface area contributed by atoms with Crippen molar-refractivity contribution >= 4 is 22.6 Å². The van der Waals surface area contributed by atoms with Crippen LogP contribution in [-0.4, -0.2) is 41.3 Å². The molecule has 6 nitrogen and oxygen atoms in total. The summed E-state index contributed by atoms with van der Waals surface area (Å²) in [7, 11) is 0. The van der Waals surface area contributed by atoms with Gasteiger partial charge in [0.15, 0.2) is 0 Å². The van der Waals surface area contributed by atoms with E-state index >= 15 is 0 Å². The number of anilines is 1. The van der Waals surface area contributed by atoms with Gasteiger partial charge in [-0.3, -0.25) is 4.79 Å². The summed E-state index contributed by atoms with van der Waals surface area (Å²) >= 11 is 0. The molecule has 1 aliphatic heterocycles. The van der Waals surface area contributed by atoms with Crippen LogP contribution in [0.4, 0.5) is 10.1 Å². The molecule has 0 bridgehead atoms. The molecule has 4 rings (SSSR count). The molecule has 0 amide bonds. The number of aromatic nitrogens is 1. The summed E-state index contributed by atoms with van der Waals surface area (Å²) in [4.78, 5) is 26.0. The Bertz CT molecular complexity index is 967. The number of halogens is 1. The van der Waals surface area contributed by atoms with Gasteiger partial charge in [-0.25, -0.2) is 9.18 Å². The summed E-state index contributed by atoms with van der Waals surface area (Å²) in [5.41, 5.74) is 0.178. The molecule has 2 atom stereocenters. The molecule has 2 heterocycles. The quantitative estimate of drug-likeness (QED) is 0.814. The maximum Gasteiger partial charge on any atom is 0.341 e. The van der Waals surface area contributed by atoms with E-state index in [1.807, 2.05) is 9.47 Å². The highest BCUT2D eigenvalue weighted by atomic mass is 19.1. The summed E-state index contributed by atoms with van der Waals surface area (Å²) in [5.74, 6) is -1.29. The summed E-state index contributed by atoms with van der Waals surface area (Å²) in [6.45, 7) is 6.71. The Labute approximate surface area is 156 Å². The van der Waals surface area contributed by atoms with Crippen LogP contribution < -0.4 is 15.6 Å². The third-order valence-corrected chi connectivity index (χ3v) is 5.84. The standard InChI is InChI=1S/C20H24FN3O3/c1-3-22-8-12-9-23(11(12)2)18-7-17-14(6-16(18)21)19(25)15(20(26)27)10-24(17)13-4-5-13/h6-7,10-13,22H,3-5,8-9H2,1-2H3,(H,26,27)/t11-,12+/m0/s1. The van der Waals surface area contributed by atoms with Crippen molar-refractivity contribution < 1.29 is 14.3 Å². The Morgan fingerprint density at radius 3 is 2.70 bits per heavy atom. The minimum absolute atomic E-state index is 0.139. The normalized spacial score (nSPS) is 22.1. The average molecular weight is 373 g/mol. The molecule has 144 valence electrons. The van der Waals surface area contributed by atoms with Crippen molar-refractivity contribution in [3.8, 4) is 0 Å². The van der Waals surface area contributed by atoms with Gasteiger partial charge < -0.3 is 19.9 Å². The van der Waals surface area contributed by atoms with Crippen molar-refractivity contribution in [3.05, 3.63) is 39.9 Å². The fourth-order valence-corrected chi connectivity index (χ4v) is 3.96. The number of nitrogens with zero attached hydrogens (tertiary/aromatic N) is 2. The van der Waals surface area contributed by atoms with Gasteiger partial charge in [0.25, 0.3) is 0 Å². The smallest absolute Gasteiger partial charge is 0.341 e. The van der Waals surface area contributed by atoms with Crippen LogP contribution >= 0.6 is 0 Å². The van der Waals surface area contributed by atoms with Crippen molar-refractivity contribution in [1.29, 1.82) is 0 Å². The summed E-state index contributed by atoms with van der Waals surface area (Å²) in [5, 5.41) is 12.8. The molecule has 7 heteroatoms. The van der Waals surface area contributed by atoms with Crippen LogP contribution in [0.25, 0.3) is 10.9 Å². The van der Waals surface area contributed by atoms with Crippen LogP contribution in [0, 0.1) is 11.7 Å². The molecule has 0 radical (unpaired) electrons. The zero-order chi connectivity index (χ0) is 19.3. The maximum absolute atomic E-state index is 14.9. The third kappa shape index (κ3) is 3.00. The van der Waals surface area contributed by atoms with Gasteiger partial charge in [0.05, 0.1) is 11.2 Å². The van der Waals surface area contributed by atoms with Crippen molar-refractivity contribution in [2.24, 2.45) is 5.92 Å². The van der Waals surface area contributed by atoms with Crippen molar-refractivity contribution in [1.82, 2.24) is 9.88 Å². The average Bonchev–Trinajstić information content (AvgIpc) is 3.46. The van der Waals surface area contributed by atoms with Crippen LogP contribution in [0.5, 0.6) is 0 Å². The van der Waals surface area contributed by atoms with E-state index in [-0.39, 0.29) is 23.0 Å². The van der Waals surface area contributed by atoms with Gasteiger partial charge in [0, 0.05) is 42.7 Å². The lowest BCUT2D eigenvalue weighted by Gasteiger charge is -2.48. The van der Waals surface area contributed by atoms with Crippen LogP contribution in [0.1, 0.15) is 43.1 Å². The number of carboxylic acids is 1. The number of carboxylic acid groups (broad SMARTS) is 1. The number of pyridine rings is 1. The highest BCUT2D eigenvalue weighted by Gasteiger charge is 2.37. The number of aromatic carboxylic acids is 1. The molecule has 2 aliphatic rings.